The van der Waals surface area contributed by atoms with Gasteiger partial charge in [-0.3, -0.25) is 4.79 Å². The van der Waals surface area contributed by atoms with Gasteiger partial charge in [0.2, 0.25) is 5.76 Å². The number of hydrogen-bond acceptors (Lipinski definition) is 5. The number of carbonyl (C=O) groups excluding carboxylic acids is 2. The van der Waals surface area contributed by atoms with E-state index in [2.05, 4.69) is 30.5 Å². The number of likely N-dealkylation sites (tertiary alicyclic amines) is 1. The van der Waals surface area contributed by atoms with Crippen LogP contribution in [-0.4, -0.2) is 41.6 Å². The number of rotatable bonds is 5. The van der Waals surface area contributed by atoms with Gasteiger partial charge in [0.05, 0.1) is 6.04 Å². The molecule has 2 heterocycles. The molecule has 4 unspecified atom stereocenters. The minimum atomic E-state index is -0.554. The molecule has 1 saturated heterocycles. The Hall–Kier alpha value is -2.70. The summed E-state index contributed by atoms with van der Waals surface area (Å²) in [5.41, 5.74) is 0.628. The van der Waals surface area contributed by atoms with Gasteiger partial charge in [-0.05, 0) is 69.8 Å². The maximum absolute atomic E-state index is 12.8. The topological polar surface area (TPSA) is 77.1 Å². The molecule has 0 bridgehead atoms. The van der Waals surface area contributed by atoms with E-state index in [0.717, 1.165) is 25.7 Å². The summed E-state index contributed by atoms with van der Waals surface area (Å²) in [4.78, 5) is 27.4. The van der Waals surface area contributed by atoms with Crippen molar-refractivity contribution in [2.24, 2.45) is 17.8 Å². The lowest BCUT2D eigenvalue weighted by Crippen LogP contribution is -2.47. The van der Waals surface area contributed by atoms with Crippen LogP contribution in [0.2, 0.25) is 0 Å². The fraction of sp³-hybridized carbons (Fsp3) is 0.615. The first-order chi connectivity index (χ1) is 15.7. The summed E-state index contributed by atoms with van der Waals surface area (Å²) < 4.78 is 16.8. The van der Waals surface area contributed by atoms with Crippen LogP contribution >= 0.6 is 0 Å². The lowest BCUT2D eigenvalue weighted by atomic mass is 9.94. The zero-order chi connectivity index (χ0) is 23.6. The van der Waals surface area contributed by atoms with Crippen LogP contribution in [0.15, 0.2) is 47.8 Å². The quantitative estimate of drug-likeness (QED) is 0.644. The van der Waals surface area contributed by atoms with Crippen LogP contribution in [0.3, 0.4) is 0 Å². The SMILES string of the molecule is CC1CC2CN(C(=O)OC(C)(C)C)C(CNC(=O)C3=COC(CC4=CCCC=C4)=CO3)C2C1. The predicted molar refractivity (Wildman–Crippen MR) is 125 cm³/mol. The molecule has 0 aromatic heterocycles. The van der Waals surface area contributed by atoms with Gasteiger partial charge in [-0.15, -0.1) is 0 Å². The van der Waals surface area contributed by atoms with Crippen LogP contribution in [0.1, 0.15) is 59.8 Å². The Balaban J connectivity index is 1.33. The lowest BCUT2D eigenvalue weighted by Gasteiger charge is -2.31. The summed E-state index contributed by atoms with van der Waals surface area (Å²) in [5, 5.41) is 2.95. The van der Waals surface area contributed by atoms with Crippen LogP contribution in [0.4, 0.5) is 4.79 Å². The Labute approximate surface area is 196 Å². The first-order valence-corrected chi connectivity index (χ1v) is 12.1. The van der Waals surface area contributed by atoms with Crippen molar-refractivity contribution in [1.82, 2.24) is 10.2 Å². The van der Waals surface area contributed by atoms with Gasteiger partial charge < -0.3 is 24.4 Å². The smallest absolute Gasteiger partial charge is 0.410 e. The molecule has 2 amide bonds. The normalized spacial score (nSPS) is 28.7. The number of allylic oxidation sites excluding steroid dienone is 4. The highest BCUT2D eigenvalue weighted by Gasteiger charge is 2.49. The molecule has 180 valence electrons. The number of carbonyl (C=O) groups is 2. The molecule has 1 N–H and O–H groups in total. The fourth-order valence-electron chi connectivity index (χ4n) is 5.33. The van der Waals surface area contributed by atoms with Gasteiger partial charge in [0, 0.05) is 19.5 Å². The average molecular weight is 457 g/mol. The van der Waals surface area contributed by atoms with Crippen molar-refractivity contribution in [3.05, 3.63) is 47.8 Å². The molecule has 1 saturated carbocycles. The number of fused-ring (bicyclic) bond motifs is 1. The highest BCUT2D eigenvalue weighted by atomic mass is 16.6. The minimum absolute atomic E-state index is 0.0833. The van der Waals surface area contributed by atoms with Gasteiger partial charge in [0.15, 0.2) is 0 Å². The molecule has 2 aliphatic carbocycles. The second-order valence-corrected chi connectivity index (χ2v) is 10.6. The van der Waals surface area contributed by atoms with Crippen LogP contribution in [0.25, 0.3) is 0 Å². The van der Waals surface area contributed by atoms with E-state index >= 15 is 0 Å². The maximum Gasteiger partial charge on any atom is 0.410 e. The maximum atomic E-state index is 12.8. The lowest BCUT2D eigenvalue weighted by molar-refractivity contribution is -0.120. The molecule has 0 radical (unpaired) electrons. The predicted octanol–water partition coefficient (Wildman–Crippen LogP) is 4.78. The van der Waals surface area contributed by atoms with Gasteiger partial charge in [-0.2, -0.15) is 0 Å². The summed E-state index contributed by atoms with van der Waals surface area (Å²) >= 11 is 0. The van der Waals surface area contributed by atoms with Gasteiger partial charge in [-0.25, -0.2) is 4.79 Å². The molecule has 7 heteroatoms. The standard InChI is InChI=1S/C26H36N2O5/c1-17-10-19-14-28(25(30)33-26(2,3)4)22(21(19)11-17)13-27-24(29)23-16-31-20(15-32-23)12-18-8-6-5-7-9-18/h6,8-9,15-17,19,21-22H,5,7,10-14H2,1-4H3,(H,27,29). The second kappa shape index (κ2) is 9.65. The molecule has 0 aromatic rings. The fourth-order valence-corrected chi connectivity index (χ4v) is 5.33. The largest absolute Gasteiger partial charge is 0.462 e. The van der Waals surface area contributed by atoms with Gasteiger partial charge in [0.1, 0.15) is 23.9 Å². The van der Waals surface area contributed by atoms with Crippen molar-refractivity contribution in [2.75, 3.05) is 13.1 Å². The van der Waals surface area contributed by atoms with E-state index in [4.69, 9.17) is 14.2 Å². The second-order valence-electron chi connectivity index (χ2n) is 10.6. The van der Waals surface area contributed by atoms with Crippen molar-refractivity contribution >= 4 is 12.0 Å². The molecular weight excluding hydrogens is 420 g/mol. The molecule has 4 atom stereocenters. The monoisotopic (exact) mass is 456 g/mol. The highest BCUT2D eigenvalue weighted by molar-refractivity contribution is 5.91. The number of nitrogens with one attached hydrogen (secondary N) is 1. The van der Waals surface area contributed by atoms with Crippen molar-refractivity contribution in [2.45, 2.75) is 71.4 Å². The Bertz CT molecular complexity index is 895. The van der Waals surface area contributed by atoms with E-state index in [9.17, 15) is 9.59 Å². The average Bonchev–Trinajstić information content (AvgIpc) is 3.28. The summed E-state index contributed by atoms with van der Waals surface area (Å²) in [6, 6.07) is -0.0833. The van der Waals surface area contributed by atoms with E-state index in [1.54, 1.807) is 0 Å². The number of nitrogens with zero attached hydrogens (tertiary/aromatic N) is 1. The van der Waals surface area contributed by atoms with E-state index < -0.39 is 5.60 Å². The molecule has 33 heavy (non-hydrogen) atoms. The first kappa shape index (κ1) is 23.5. The van der Waals surface area contributed by atoms with E-state index in [-0.39, 0.29) is 23.8 Å². The van der Waals surface area contributed by atoms with Crippen LogP contribution < -0.4 is 5.32 Å². The van der Waals surface area contributed by atoms with Crippen molar-refractivity contribution < 1.29 is 23.8 Å². The number of amides is 2. The molecular formula is C26H36N2O5. The minimum Gasteiger partial charge on any atom is -0.462 e. The van der Waals surface area contributed by atoms with Crippen LogP contribution in [0.5, 0.6) is 0 Å². The van der Waals surface area contributed by atoms with Gasteiger partial charge >= 0.3 is 6.09 Å². The Morgan fingerprint density at radius 1 is 1.18 bits per heavy atom. The van der Waals surface area contributed by atoms with Gasteiger partial charge in [-0.1, -0.05) is 25.2 Å². The number of ether oxygens (including phenoxy) is 3. The van der Waals surface area contributed by atoms with Gasteiger partial charge in [0.25, 0.3) is 5.91 Å². The van der Waals surface area contributed by atoms with Crippen molar-refractivity contribution in [3.8, 4) is 0 Å². The zero-order valence-electron chi connectivity index (χ0n) is 20.1. The third-order valence-corrected chi connectivity index (χ3v) is 6.72. The molecule has 0 spiro atoms. The molecule has 4 rings (SSSR count). The highest BCUT2D eigenvalue weighted by Crippen LogP contribution is 2.45. The molecule has 7 nitrogen and oxygen atoms in total. The van der Waals surface area contributed by atoms with E-state index in [0.29, 0.717) is 43.0 Å². The van der Waals surface area contributed by atoms with Crippen molar-refractivity contribution in [3.63, 3.8) is 0 Å². The molecule has 2 aliphatic heterocycles. The molecule has 2 fully saturated rings. The van der Waals surface area contributed by atoms with Crippen molar-refractivity contribution in [1.29, 1.82) is 0 Å². The molecule has 4 aliphatic rings. The van der Waals surface area contributed by atoms with E-state index in [1.165, 1.54) is 18.1 Å². The Morgan fingerprint density at radius 3 is 2.67 bits per heavy atom. The van der Waals surface area contributed by atoms with Crippen LogP contribution in [0, 0.1) is 17.8 Å². The zero-order valence-corrected chi connectivity index (χ0v) is 20.1. The summed E-state index contributed by atoms with van der Waals surface area (Å²) in [5.74, 6) is 1.89. The molecule has 0 aromatic carbocycles. The summed E-state index contributed by atoms with van der Waals surface area (Å²) in [7, 11) is 0. The number of hydrogen-bond donors (Lipinski definition) is 1. The first-order valence-electron chi connectivity index (χ1n) is 12.1. The summed E-state index contributed by atoms with van der Waals surface area (Å²) in [6.45, 7) is 8.92. The van der Waals surface area contributed by atoms with Crippen LogP contribution in [-0.2, 0) is 19.0 Å². The third kappa shape index (κ3) is 5.81. The summed E-state index contributed by atoms with van der Waals surface area (Å²) in [6.07, 6.45) is 13.9. The third-order valence-electron chi connectivity index (χ3n) is 6.72. The Morgan fingerprint density at radius 2 is 2.00 bits per heavy atom. The van der Waals surface area contributed by atoms with E-state index in [1.807, 2.05) is 25.7 Å². The Kier molecular flexibility index (Phi) is 6.86.